The van der Waals surface area contributed by atoms with E-state index in [1.807, 2.05) is 74.5 Å². The van der Waals surface area contributed by atoms with Gasteiger partial charge in [0.1, 0.15) is 18.1 Å². The average Bonchev–Trinajstić information content (AvgIpc) is 3.46. The van der Waals surface area contributed by atoms with Gasteiger partial charge in [-0.05, 0) is 36.3 Å². The fraction of sp³-hybridized carbons (Fsp3) is 0.452. The lowest BCUT2D eigenvalue weighted by molar-refractivity contribution is -0.149. The Morgan fingerprint density at radius 3 is 2.00 bits per heavy atom. The summed E-state index contributed by atoms with van der Waals surface area (Å²) < 4.78 is 0. The van der Waals surface area contributed by atoms with E-state index in [-0.39, 0.29) is 31.8 Å². The van der Waals surface area contributed by atoms with Crippen LogP contribution in [-0.4, -0.2) is 76.9 Å². The summed E-state index contributed by atoms with van der Waals surface area (Å²) in [6.07, 6.45) is 1.63. The number of hydrogen-bond acceptors (Lipinski definition) is 6. The standard InChI is InChI=1S/C31H41N5O6/c1-20(2)16-23(32)28(38)33-19-27(37)34-24(17-21-10-5-3-6-11-21)29(39)35-25(18-22-12-7-4-8-13-22)30(40)36-15-9-14-26(36)31(41)42/h3-8,10-13,20,23-26H,9,14-19,32H2,1-2H3,(H,33,38)(H,34,37)(H,35,39)(H,41,42)/t23-,24-,25-,26-/m0/s1. The predicted octanol–water partition coefficient (Wildman–Crippen LogP) is 1.01. The topological polar surface area (TPSA) is 171 Å². The molecular weight excluding hydrogens is 538 g/mol. The second kappa shape index (κ2) is 15.7. The van der Waals surface area contributed by atoms with Crippen molar-refractivity contribution in [1.29, 1.82) is 0 Å². The van der Waals surface area contributed by atoms with Gasteiger partial charge in [0.15, 0.2) is 0 Å². The molecule has 1 aliphatic rings. The molecule has 4 atom stereocenters. The Bertz CT molecular complexity index is 1220. The molecule has 0 aliphatic carbocycles. The molecule has 11 nitrogen and oxygen atoms in total. The van der Waals surface area contributed by atoms with Gasteiger partial charge in [0.05, 0.1) is 12.6 Å². The summed E-state index contributed by atoms with van der Waals surface area (Å²) in [6, 6.07) is 14.3. The highest BCUT2D eigenvalue weighted by atomic mass is 16.4. The zero-order valence-corrected chi connectivity index (χ0v) is 24.1. The molecule has 226 valence electrons. The predicted molar refractivity (Wildman–Crippen MR) is 157 cm³/mol. The minimum Gasteiger partial charge on any atom is -0.480 e. The number of carboxylic acids is 1. The molecule has 0 spiro atoms. The first-order valence-corrected chi connectivity index (χ1v) is 14.3. The number of rotatable bonds is 14. The van der Waals surface area contributed by atoms with Gasteiger partial charge < -0.3 is 31.7 Å². The number of carbonyl (C=O) groups excluding carboxylic acids is 4. The molecule has 6 N–H and O–H groups in total. The normalized spacial score (nSPS) is 16.8. The Balaban J connectivity index is 1.77. The third kappa shape index (κ3) is 9.69. The number of nitrogens with two attached hydrogens (primary N) is 1. The molecule has 1 aliphatic heterocycles. The van der Waals surface area contributed by atoms with Crippen LogP contribution in [0.5, 0.6) is 0 Å². The lowest BCUT2D eigenvalue weighted by atomic mass is 10.0. The van der Waals surface area contributed by atoms with E-state index in [4.69, 9.17) is 5.73 Å². The molecule has 1 fully saturated rings. The van der Waals surface area contributed by atoms with Gasteiger partial charge in [-0.25, -0.2) is 4.79 Å². The van der Waals surface area contributed by atoms with Crippen molar-refractivity contribution in [3.63, 3.8) is 0 Å². The first kappa shape index (κ1) is 32.3. The maximum absolute atomic E-state index is 13.7. The number of aliphatic carboxylic acids is 1. The van der Waals surface area contributed by atoms with Crippen LogP contribution >= 0.6 is 0 Å². The molecule has 2 aromatic rings. The fourth-order valence-electron chi connectivity index (χ4n) is 5.03. The smallest absolute Gasteiger partial charge is 0.326 e. The second-order valence-corrected chi connectivity index (χ2v) is 11.0. The number of hydrogen-bond donors (Lipinski definition) is 5. The number of nitrogens with one attached hydrogen (secondary N) is 3. The number of benzene rings is 2. The van der Waals surface area contributed by atoms with Crippen molar-refractivity contribution >= 4 is 29.6 Å². The lowest BCUT2D eigenvalue weighted by Crippen LogP contribution is -2.57. The molecular formula is C31H41N5O6. The molecule has 0 bridgehead atoms. The van der Waals surface area contributed by atoms with Crippen molar-refractivity contribution in [2.75, 3.05) is 13.1 Å². The Labute approximate surface area is 246 Å². The summed E-state index contributed by atoms with van der Waals surface area (Å²) in [5.74, 6) is -3.03. The highest BCUT2D eigenvalue weighted by Crippen LogP contribution is 2.20. The SMILES string of the molecule is CC(C)C[C@H](N)C(=O)NCC(=O)N[C@@H](Cc1ccccc1)C(=O)N[C@@H](Cc1ccccc1)C(=O)N1CCC[C@H]1C(=O)O. The monoisotopic (exact) mass is 579 g/mol. The van der Waals surface area contributed by atoms with Crippen LogP contribution < -0.4 is 21.7 Å². The largest absolute Gasteiger partial charge is 0.480 e. The molecule has 11 heteroatoms. The van der Waals surface area contributed by atoms with Crippen molar-refractivity contribution in [3.05, 3.63) is 71.8 Å². The maximum atomic E-state index is 13.7. The minimum atomic E-state index is -1.09. The number of carboxylic acid groups (broad SMARTS) is 1. The molecule has 2 aromatic carbocycles. The quantitative estimate of drug-likeness (QED) is 0.222. The van der Waals surface area contributed by atoms with Crippen LogP contribution in [0.3, 0.4) is 0 Å². The van der Waals surface area contributed by atoms with E-state index in [1.165, 1.54) is 4.90 Å². The maximum Gasteiger partial charge on any atom is 0.326 e. The van der Waals surface area contributed by atoms with Crippen LogP contribution in [0.25, 0.3) is 0 Å². The first-order valence-electron chi connectivity index (χ1n) is 14.3. The second-order valence-electron chi connectivity index (χ2n) is 11.0. The minimum absolute atomic E-state index is 0.132. The number of carbonyl (C=O) groups is 5. The van der Waals surface area contributed by atoms with Gasteiger partial charge in [-0.1, -0.05) is 74.5 Å². The van der Waals surface area contributed by atoms with Crippen molar-refractivity contribution in [1.82, 2.24) is 20.9 Å². The number of nitrogens with zero attached hydrogens (tertiary/aromatic N) is 1. The molecule has 42 heavy (non-hydrogen) atoms. The van der Waals surface area contributed by atoms with Crippen molar-refractivity contribution in [2.24, 2.45) is 11.7 Å². The number of likely N-dealkylation sites (tertiary alicyclic amines) is 1. The molecule has 3 rings (SSSR count). The summed E-state index contributed by atoms with van der Waals surface area (Å²) in [6.45, 7) is 3.78. The van der Waals surface area contributed by atoms with Gasteiger partial charge in [-0.15, -0.1) is 0 Å². The van der Waals surface area contributed by atoms with Gasteiger partial charge in [0, 0.05) is 19.4 Å². The Kier molecular flexibility index (Phi) is 12.0. The molecule has 1 saturated heterocycles. The van der Waals surface area contributed by atoms with Crippen LogP contribution in [0.2, 0.25) is 0 Å². The fourth-order valence-corrected chi connectivity index (χ4v) is 5.03. The zero-order chi connectivity index (χ0) is 30.6. The van der Waals surface area contributed by atoms with Gasteiger partial charge in [-0.2, -0.15) is 0 Å². The van der Waals surface area contributed by atoms with Crippen LogP contribution in [0.1, 0.15) is 44.2 Å². The van der Waals surface area contributed by atoms with E-state index in [2.05, 4.69) is 16.0 Å². The summed E-state index contributed by atoms with van der Waals surface area (Å²) in [5, 5.41) is 17.6. The van der Waals surface area contributed by atoms with E-state index in [1.54, 1.807) is 0 Å². The van der Waals surface area contributed by atoms with Gasteiger partial charge in [0.2, 0.25) is 23.6 Å². The lowest BCUT2D eigenvalue weighted by Gasteiger charge is -2.29. The molecule has 0 aromatic heterocycles. The van der Waals surface area contributed by atoms with Crippen molar-refractivity contribution in [3.8, 4) is 0 Å². The molecule has 0 unspecified atom stereocenters. The molecule has 1 heterocycles. The summed E-state index contributed by atoms with van der Waals surface area (Å²) in [5.41, 5.74) is 7.46. The molecule has 4 amide bonds. The highest BCUT2D eigenvalue weighted by Gasteiger charge is 2.38. The zero-order valence-electron chi connectivity index (χ0n) is 24.1. The van der Waals surface area contributed by atoms with E-state index in [0.29, 0.717) is 19.3 Å². The summed E-state index contributed by atoms with van der Waals surface area (Å²) in [7, 11) is 0. The Morgan fingerprint density at radius 2 is 1.45 bits per heavy atom. The summed E-state index contributed by atoms with van der Waals surface area (Å²) >= 11 is 0. The molecule has 0 saturated carbocycles. The highest BCUT2D eigenvalue weighted by molar-refractivity contribution is 5.95. The van der Waals surface area contributed by atoms with Crippen molar-refractivity contribution in [2.45, 2.75) is 70.1 Å². The average molecular weight is 580 g/mol. The van der Waals surface area contributed by atoms with E-state index in [0.717, 1.165) is 11.1 Å². The summed E-state index contributed by atoms with van der Waals surface area (Å²) in [4.78, 5) is 65.5. The van der Waals surface area contributed by atoms with E-state index in [9.17, 15) is 29.1 Å². The third-order valence-electron chi connectivity index (χ3n) is 7.14. The Hall–Kier alpha value is -4.25. The van der Waals surface area contributed by atoms with E-state index >= 15 is 0 Å². The van der Waals surface area contributed by atoms with Gasteiger partial charge in [0.25, 0.3) is 0 Å². The Morgan fingerprint density at radius 1 is 0.881 bits per heavy atom. The molecule has 0 radical (unpaired) electrons. The van der Waals surface area contributed by atoms with Gasteiger partial charge in [-0.3, -0.25) is 19.2 Å². The van der Waals surface area contributed by atoms with Crippen LogP contribution in [0.4, 0.5) is 0 Å². The number of amides is 4. The third-order valence-corrected chi connectivity index (χ3v) is 7.14. The van der Waals surface area contributed by atoms with Crippen LogP contribution in [0.15, 0.2) is 60.7 Å². The van der Waals surface area contributed by atoms with Crippen LogP contribution in [0, 0.1) is 5.92 Å². The van der Waals surface area contributed by atoms with Crippen LogP contribution in [-0.2, 0) is 36.8 Å². The van der Waals surface area contributed by atoms with E-state index < -0.39 is 53.8 Å². The van der Waals surface area contributed by atoms with Crippen molar-refractivity contribution < 1.29 is 29.1 Å². The first-order chi connectivity index (χ1) is 20.0. The van der Waals surface area contributed by atoms with Gasteiger partial charge >= 0.3 is 5.97 Å².